The molecular formula is C10H22N2O4S. The molecule has 102 valence electrons. The second-order valence-corrected chi connectivity index (χ2v) is 6.85. The molecule has 0 spiro atoms. The van der Waals surface area contributed by atoms with Gasteiger partial charge in [-0.2, -0.15) is 8.42 Å². The first-order valence-corrected chi connectivity index (χ1v) is 6.78. The first kappa shape index (κ1) is 16.5. The summed E-state index contributed by atoms with van der Waals surface area (Å²) >= 11 is 0. The molecule has 2 rings (SSSR count). The van der Waals surface area contributed by atoms with Gasteiger partial charge in [0.15, 0.2) is 0 Å². The summed E-state index contributed by atoms with van der Waals surface area (Å²) in [6, 6.07) is 0. The Bertz CT molecular complexity index is 418. The number of rotatable bonds is 2. The molecule has 0 radical (unpaired) electrons. The summed E-state index contributed by atoms with van der Waals surface area (Å²) in [5, 5.41) is 0. The van der Waals surface area contributed by atoms with Crippen LogP contribution >= 0.6 is 0 Å². The Hall–Kier alpha value is -0.500. The summed E-state index contributed by atoms with van der Waals surface area (Å²) in [5.74, 6) is -0.101. The maximum atomic E-state index is 11.9. The molecule has 7 N–H and O–H groups in total. The number of hydrogen-bond acceptors (Lipinski definition) is 5. The van der Waals surface area contributed by atoms with Crippen LogP contribution in [0.1, 0.15) is 33.1 Å². The van der Waals surface area contributed by atoms with Crippen molar-refractivity contribution in [2.75, 3.05) is 5.75 Å². The molecule has 7 heteroatoms. The summed E-state index contributed by atoms with van der Waals surface area (Å²) in [4.78, 5) is 11.9. The minimum Gasteiger partial charge on any atom is -0.344 e. The number of carbonyl (C=O) groups is 1. The minimum absolute atomic E-state index is 0. The van der Waals surface area contributed by atoms with Crippen molar-refractivity contribution in [1.29, 1.82) is 0 Å². The second kappa shape index (κ2) is 4.31. The fraction of sp³-hybridized carbons (Fsp3) is 0.900. The molecule has 6 nitrogen and oxygen atoms in total. The molecule has 2 bridgehead atoms. The minimum atomic E-state index is -4.08. The molecule has 2 aliphatic carbocycles. The fourth-order valence-electron chi connectivity index (χ4n) is 3.42. The smallest absolute Gasteiger partial charge is 0.265 e. The second-order valence-electron chi connectivity index (χ2n) is 5.39. The molecular weight excluding hydrogens is 244 g/mol. The van der Waals surface area contributed by atoms with E-state index in [1.54, 1.807) is 0 Å². The van der Waals surface area contributed by atoms with Gasteiger partial charge in [0.1, 0.15) is 5.78 Å². The Balaban J connectivity index is 0.00000128. The van der Waals surface area contributed by atoms with Gasteiger partial charge in [-0.1, -0.05) is 13.8 Å². The highest BCUT2D eigenvalue weighted by molar-refractivity contribution is 7.85. The summed E-state index contributed by atoms with van der Waals surface area (Å²) in [6.07, 6.45) is 1.97. The summed E-state index contributed by atoms with van der Waals surface area (Å²) in [6.45, 7) is 3.89. The van der Waals surface area contributed by atoms with Gasteiger partial charge in [-0.25, -0.2) is 0 Å². The van der Waals surface area contributed by atoms with Gasteiger partial charge in [-0.3, -0.25) is 9.35 Å². The van der Waals surface area contributed by atoms with Gasteiger partial charge < -0.3 is 12.3 Å². The molecule has 2 atom stereocenters. The van der Waals surface area contributed by atoms with Crippen molar-refractivity contribution < 1.29 is 17.8 Å². The zero-order valence-corrected chi connectivity index (χ0v) is 11.2. The van der Waals surface area contributed by atoms with Gasteiger partial charge in [0.05, 0.1) is 11.2 Å². The predicted molar refractivity (Wildman–Crippen MR) is 65.0 cm³/mol. The Morgan fingerprint density at radius 2 is 1.88 bits per heavy atom. The molecule has 1 unspecified atom stereocenters. The van der Waals surface area contributed by atoms with E-state index in [4.69, 9.17) is 4.55 Å². The SMILES string of the molecule is CC1(C)C2CC[C@@]1(CS(=O)(=O)O)C(=O)C2.N.N. The molecule has 17 heavy (non-hydrogen) atoms. The number of ketones is 1. The molecule has 0 aromatic rings. The quantitative estimate of drug-likeness (QED) is 0.648. The fourth-order valence-corrected chi connectivity index (χ4v) is 4.72. The third-order valence-corrected chi connectivity index (χ3v) is 5.43. The van der Waals surface area contributed by atoms with E-state index in [2.05, 4.69) is 0 Å². The van der Waals surface area contributed by atoms with Crippen LogP contribution in [0.2, 0.25) is 0 Å². The van der Waals surface area contributed by atoms with Crippen LogP contribution in [0.5, 0.6) is 0 Å². The zero-order valence-electron chi connectivity index (χ0n) is 10.4. The van der Waals surface area contributed by atoms with Crippen molar-refractivity contribution in [1.82, 2.24) is 12.3 Å². The molecule has 2 aliphatic rings. The van der Waals surface area contributed by atoms with E-state index in [-0.39, 0.29) is 29.4 Å². The maximum absolute atomic E-state index is 11.9. The lowest BCUT2D eigenvalue weighted by atomic mass is 9.70. The molecule has 0 amide bonds. The van der Waals surface area contributed by atoms with Crippen molar-refractivity contribution in [3.8, 4) is 0 Å². The Morgan fingerprint density at radius 3 is 2.18 bits per heavy atom. The largest absolute Gasteiger partial charge is 0.344 e. The van der Waals surface area contributed by atoms with Gasteiger partial charge in [0.2, 0.25) is 0 Å². The van der Waals surface area contributed by atoms with Gasteiger partial charge in [-0.15, -0.1) is 0 Å². The van der Waals surface area contributed by atoms with Crippen LogP contribution in [0.25, 0.3) is 0 Å². The lowest BCUT2D eigenvalue weighted by Crippen LogP contribution is -2.42. The van der Waals surface area contributed by atoms with E-state index < -0.39 is 21.3 Å². The molecule has 2 saturated carbocycles. The Morgan fingerprint density at radius 1 is 1.35 bits per heavy atom. The number of carbonyl (C=O) groups excluding carboxylic acids is 1. The summed E-state index contributed by atoms with van der Waals surface area (Å²) < 4.78 is 31.0. The van der Waals surface area contributed by atoms with Crippen molar-refractivity contribution in [3.63, 3.8) is 0 Å². The highest BCUT2D eigenvalue weighted by Gasteiger charge is 2.65. The molecule has 0 saturated heterocycles. The van der Waals surface area contributed by atoms with Crippen LogP contribution < -0.4 is 12.3 Å². The van der Waals surface area contributed by atoms with Crippen molar-refractivity contribution in [3.05, 3.63) is 0 Å². The average molecular weight is 266 g/mol. The summed E-state index contributed by atoms with van der Waals surface area (Å²) in [7, 11) is -4.08. The lowest BCUT2D eigenvalue weighted by molar-refractivity contribution is -0.128. The zero-order chi connectivity index (χ0) is 11.5. The van der Waals surface area contributed by atoms with Crippen LogP contribution in [0.4, 0.5) is 0 Å². The molecule has 0 aromatic carbocycles. The van der Waals surface area contributed by atoms with Crippen molar-refractivity contribution in [2.45, 2.75) is 33.1 Å². The van der Waals surface area contributed by atoms with E-state index in [1.807, 2.05) is 13.8 Å². The molecule has 0 aromatic heterocycles. The predicted octanol–water partition coefficient (Wildman–Crippen LogP) is 1.59. The summed E-state index contributed by atoms with van der Waals surface area (Å²) in [5.41, 5.74) is -1.12. The van der Waals surface area contributed by atoms with Crippen LogP contribution in [0.15, 0.2) is 0 Å². The van der Waals surface area contributed by atoms with E-state index in [0.29, 0.717) is 12.8 Å². The van der Waals surface area contributed by atoms with E-state index in [0.717, 1.165) is 6.42 Å². The Labute approximate surface area is 102 Å². The number of Topliss-reactive ketones (excluding diaryl/α,β-unsaturated/α-hetero) is 1. The van der Waals surface area contributed by atoms with Crippen molar-refractivity contribution in [2.24, 2.45) is 16.7 Å². The highest BCUT2D eigenvalue weighted by Crippen LogP contribution is 2.64. The topological polar surface area (TPSA) is 141 Å². The number of hydrogen-bond donors (Lipinski definition) is 3. The standard InChI is InChI=1S/C10H16O4S.2H3N/c1-9(2)7-3-4-10(9,8(11)5-7)6-15(12,13)14;;/h7H,3-6H2,1-2H3,(H,12,13,14);2*1H3/t7?,10-;;/m1../s1. The third kappa shape index (κ3) is 2.12. The molecule has 0 heterocycles. The van der Waals surface area contributed by atoms with E-state index in [9.17, 15) is 13.2 Å². The first-order valence-electron chi connectivity index (χ1n) is 5.17. The van der Waals surface area contributed by atoms with Gasteiger partial charge in [-0.05, 0) is 24.2 Å². The number of fused-ring (bicyclic) bond motifs is 2. The van der Waals surface area contributed by atoms with E-state index in [1.165, 1.54) is 0 Å². The van der Waals surface area contributed by atoms with Gasteiger partial charge >= 0.3 is 0 Å². The van der Waals surface area contributed by atoms with Gasteiger partial charge in [0, 0.05) is 6.42 Å². The Kier molecular flexibility index (Phi) is 4.18. The normalized spacial score (nSPS) is 34.1. The average Bonchev–Trinajstić information content (AvgIpc) is 2.34. The van der Waals surface area contributed by atoms with Crippen LogP contribution in [-0.4, -0.2) is 24.5 Å². The molecule has 0 aliphatic heterocycles. The lowest BCUT2D eigenvalue weighted by Gasteiger charge is -2.35. The maximum Gasteiger partial charge on any atom is 0.265 e. The third-order valence-electron chi connectivity index (χ3n) is 4.57. The van der Waals surface area contributed by atoms with Crippen LogP contribution in [0, 0.1) is 16.7 Å². The highest BCUT2D eigenvalue weighted by atomic mass is 32.2. The van der Waals surface area contributed by atoms with Crippen LogP contribution in [-0.2, 0) is 14.9 Å². The van der Waals surface area contributed by atoms with Crippen LogP contribution in [0.3, 0.4) is 0 Å². The van der Waals surface area contributed by atoms with Crippen molar-refractivity contribution >= 4 is 15.9 Å². The van der Waals surface area contributed by atoms with Gasteiger partial charge in [0.25, 0.3) is 10.1 Å². The van der Waals surface area contributed by atoms with E-state index >= 15 is 0 Å². The first-order chi connectivity index (χ1) is 6.69. The molecule has 2 fully saturated rings. The monoisotopic (exact) mass is 266 g/mol.